The third kappa shape index (κ3) is 24.1. The van der Waals surface area contributed by atoms with Crippen molar-refractivity contribution in [1.29, 1.82) is 0 Å². The van der Waals surface area contributed by atoms with Gasteiger partial charge in [0.05, 0.1) is 31.3 Å². The maximum Gasteiger partial charge on any atom is 0.321 e. The lowest BCUT2D eigenvalue weighted by Gasteiger charge is -2.31. The van der Waals surface area contributed by atoms with Crippen molar-refractivity contribution in [3.8, 4) is 0 Å². The highest BCUT2D eigenvalue weighted by Crippen LogP contribution is 2.24. The third-order valence-electron chi connectivity index (χ3n) is 6.03. The number of amides is 4. The van der Waals surface area contributed by atoms with Crippen molar-refractivity contribution < 1.29 is 39.0 Å². The van der Waals surface area contributed by atoms with Gasteiger partial charge in [-0.1, -0.05) is 0 Å². The van der Waals surface area contributed by atoms with Crippen molar-refractivity contribution in [1.82, 2.24) is 31.5 Å². The van der Waals surface area contributed by atoms with Crippen LogP contribution in [-0.2, 0) is 28.8 Å². The zero-order chi connectivity index (χ0) is 40.4. The minimum atomic E-state index is -1.01. The lowest BCUT2D eigenvalue weighted by molar-refractivity contribution is -0.144. The second-order valence-electron chi connectivity index (χ2n) is 19.0. The molecule has 1 saturated heterocycles. The number of likely N-dealkylation sites (tertiary alicyclic amines) is 1. The molecule has 1 heterocycles. The topological polar surface area (TPSA) is 206 Å². The first-order chi connectivity index (χ1) is 21.8. The number of imide groups is 1. The van der Waals surface area contributed by atoms with Gasteiger partial charge in [-0.25, -0.2) is 0 Å². The Balaban J connectivity index is 0. The van der Waals surface area contributed by atoms with Gasteiger partial charge in [0.15, 0.2) is 0 Å². The molecule has 0 aromatic carbocycles. The number of carboxylic acids is 2. The first kappa shape index (κ1) is 49.0. The van der Waals surface area contributed by atoms with Crippen LogP contribution in [0, 0.1) is 0 Å². The zero-order valence-corrected chi connectivity index (χ0v) is 34.1. The minimum absolute atomic E-state index is 0.0656. The Morgan fingerprint density at radius 1 is 0.640 bits per heavy atom. The first-order valence-corrected chi connectivity index (χ1v) is 17.1. The Bertz CT molecular complexity index is 1180. The van der Waals surface area contributed by atoms with Gasteiger partial charge >= 0.3 is 11.9 Å². The summed E-state index contributed by atoms with van der Waals surface area (Å²) in [5.41, 5.74) is -1.95. The Kier molecular flexibility index (Phi) is 18.0. The van der Waals surface area contributed by atoms with Crippen LogP contribution < -0.4 is 26.6 Å². The molecule has 0 radical (unpaired) electrons. The standard InChI is InChI=1S/2C12H24N2O3.C12H22N2O2/c1-11(2,3)13-8(7-9(15)16)10(17)14-12(4,5)6;1-11(2,3)13-8(10(16)17)7-9(15)14-12(4,5)6;1-11(2,3)13-8-7-9(15)14(10(8)16)12(4,5)6/h8,13H,7H2,1-6H3,(H,14,17)(H,15,16);8,13H,7H2,1-6H3,(H,14,15)(H,16,17);8,13H,7H2,1-6H3. The van der Waals surface area contributed by atoms with E-state index in [4.69, 9.17) is 10.2 Å². The number of hydrogen-bond acceptors (Lipinski definition) is 9. The van der Waals surface area contributed by atoms with Gasteiger partial charge in [-0.05, 0) is 125 Å². The highest BCUT2D eigenvalue weighted by Gasteiger charge is 2.44. The molecule has 50 heavy (non-hydrogen) atoms. The van der Waals surface area contributed by atoms with E-state index in [1.165, 1.54) is 4.90 Å². The Morgan fingerprint density at radius 2 is 1.06 bits per heavy atom. The molecule has 0 aromatic heterocycles. The summed E-state index contributed by atoms with van der Waals surface area (Å²) in [6.07, 6.45) is -0.0174. The summed E-state index contributed by atoms with van der Waals surface area (Å²) in [4.78, 5) is 70.6. The minimum Gasteiger partial charge on any atom is -0.481 e. The van der Waals surface area contributed by atoms with Crippen LogP contribution in [0.5, 0.6) is 0 Å². The van der Waals surface area contributed by atoms with Gasteiger partial charge in [0, 0.05) is 33.2 Å². The van der Waals surface area contributed by atoms with Crippen molar-refractivity contribution in [2.24, 2.45) is 0 Å². The van der Waals surface area contributed by atoms with Gasteiger partial charge in [0.1, 0.15) is 6.04 Å². The van der Waals surface area contributed by atoms with Gasteiger partial charge in [-0.3, -0.25) is 39.0 Å². The lowest BCUT2D eigenvalue weighted by atomic mass is 10.0. The number of carbonyl (C=O) groups excluding carboxylic acids is 4. The molecular formula is C36H70N6O8. The maximum absolute atomic E-state index is 12.1. The highest BCUT2D eigenvalue weighted by atomic mass is 16.4. The smallest absolute Gasteiger partial charge is 0.321 e. The quantitative estimate of drug-likeness (QED) is 0.172. The Hall–Kier alpha value is -3.10. The molecule has 14 heteroatoms. The average Bonchev–Trinajstić information content (AvgIpc) is 3.05. The summed E-state index contributed by atoms with van der Waals surface area (Å²) in [6, 6.07) is -1.95. The molecule has 0 bridgehead atoms. The van der Waals surface area contributed by atoms with Gasteiger partial charge in [-0.15, -0.1) is 0 Å². The van der Waals surface area contributed by atoms with Crippen LogP contribution in [-0.4, -0.2) is 102 Å². The van der Waals surface area contributed by atoms with E-state index < -0.39 is 29.6 Å². The number of carboxylic acid groups (broad SMARTS) is 2. The van der Waals surface area contributed by atoms with Gasteiger partial charge in [0.25, 0.3) is 0 Å². The molecule has 7 N–H and O–H groups in total. The van der Waals surface area contributed by atoms with Crippen LogP contribution in [0.15, 0.2) is 0 Å². The molecule has 1 aliphatic rings. The molecule has 1 rings (SSSR count). The van der Waals surface area contributed by atoms with Gasteiger partial charge < -0.3 is 31.5 Å². The van der Waals surface area contributed by atoms with Crippen LogP contribution >= 0.6 is 0 Å². The number of nitrogens with zero attached hydrogens (tertiary/aromatic N) is 1. The molecule has 0 saturated carbocycles. The highest BCUT2D eigenvalue weighted by molar-refractivity contribution is 6.06. The molecule has 0 spiro atoms. The summed E-state index contributed by atoms with van der Waals surface area (Å²) < 4.78 is 0. The number of carbonyl (C=O) groups is 6. The fourth-order valence-corrected chi connectivity index (χ4v) is 4.71. The SMILES string of the molecule is CC(C)(C)NC(=O)C(CC(=O)O)NC(C)(C)C.CC(C)(C)NC(=O)CC(NC(C)(C)C)C(=O)O.CC(C)(C)NC1CC(=O)N(C(C)(C)C)C1=O. The lowest BCUT2D eigenvalue weighted by Crippen LogP contribution is -2.55. The van der Waals surface area contributed by atoms with Crippen molar-refractivity contribution >= 4 is 35.6 Å². The second kappa shape index (κ2) is 18.4. The van der Waals surface area contributed by atoms with Crippen LogP contribution in [0.3, 0.4) is 0 Å². The zero-order valence-electron chi connectivity index (χ0n) is 34.1. The summed E-state index contributed by atoms with van der Waals surface area (Å²) >= 11 is 0. The van der Waals surface area contributed by atoms with E-state index in [-0.39, 0.29) is 76.6 Å². The van der Waals surface area contributed by atoms with Crippen molar-refractivity contribution in [3.63, 3.8) is 0 Å². The van der Waals surface area contributed by atoms with E-state index in [9.17, 15) is 28.8 Å². The fraction of sp³-hybridized carbons (Fsp3) is 0.833. The van der Waals surface area contributed by atoms with E-state index in [1.54, 1.807) is 0 Å². The predicted octanol–water partition coefficient (Wildman–Crippen LogP) is 3.57. The largest absolute Gasteiger partial charge is 0.481 e. The maximum atomic E-state index is 12.1. The molecule has 1 fully saturated rings. The van der Waals surface area contributed by atoms with E-state index in [1.807, 2.05) is 125 Å². The molecule has 292 valence electrons. The monoisotopic (exact) mass is 715 g/mol. The van der Waals surface area contributed by atoms with E-state index in [2.05, 4.69) is 26.6 Å². The van der Waals surface area contributed by atoms with Gasteiger partial charge in [0.2, 0.25) is 23.6 Å². The normalized spacial score (nSPS) is 17.1. The van der Waals surface area contributed by atoms with Crippen LogP contribution in [0.4, 0.5) is 0 Å². The first-order valence-electron chi connectivity index (χ1n) is 17.1. The number of hydrogen-bond donors (Lipinski definition) is 7. The van der Waals surface area contributed by atoms with E-state index in [0.29, 0.717) is 0 Å². The molecule has 0 aromatic rings. The number of rotatable bonds is 9. The molecule has 3 unspecified atom stereocenters. The Morgan fingerprint density at radius 3 is 1.36 bits per heavy atom. The van der Waals surface area contributed by atoms with Gasteiger partial charge in [-0.2, -0.15) is 0 Å². The summed E-state index contributed by atoms with van der Waals surface area (Å²) in [5, 5.41) is 32.5. The molecule has 1 aliphatic heterocycles. The van der Waals surface area contributed by atoms with Crippen molar-refractivity contribution in [2.45, 2.75) is 195 Å². The van der Waals surface area contributed by atoms with E-state index in [0.717, 1.165) is 0 Å². The third-order valence-corrected chi connectivity index (χ3v) is 6.03. The summed E-state index contributed by atoms with van der Waals surface area (Å²) in [5.74, 6) is -2.73. The molecule has 0 aliphatic carbocycles. The second-order valence-corrected chi connectivity index (χ2v) is 19.0. The molecule has 14 nitrogen and oxygen atoms in total. The van der Waals surface area contributed by atoms with E-state index >= 15 is 0 Å². The molecular weight excluding hydrogens is 644 g/mol. The van der Waals surface area contributed by atoms with Crippen LogP contribution in [0.1, 0.15) is 144 Å². The van der Waals surface area contributed by atoms with Crippen LogP contribution in [0.2, 0.25) is 0 Å². The fourth-order valence-electron chi connectivity index (χ4n) is 4.71. The number of nitrogens with one attached hydrogen (secondary N) is 5. The van der Waals surface area contributed by atoms with Crippen LogP contribution in [0.25, 0.3) is 0 Å². The Labute approximate surface area is 301 Å². The van der Waals surface area contributed by atoms with Crippen molar-refractivity contribution in [3.05, 3.63) is 0 Å². The summed E-state index contributed by atoms with van der Waals surface area (Å²) in [6.45, 7) is 34.0. The summed E-state index contributed by atoms with van der Waals surface area (Å²) in [7, 11) is 0. The average molecular weight is 715 g/mol. The number of aliphatic carboxylic acids is 2. The molecule has 4 amide bonds. The molecule has 3 atom stereocenters. The van der Waals surface area contributed by atoms with Crippen molar-refractivity contribution in [2.75, 3.05) is 0 Å². The predicted molar refractivity (Wildman–Crippen MR) is 197 cm³/mol.